The maximum absolute atomic E-state index is 13.2. The molecule has 1 heterocycles. The summed E-state index contributed by atoms with van der Waals surface area (Å²) in [4.78, 5) is 23.3. The van der Waals surface area contributed by atoms with Crippen molar-refractivity contribution in [2.75, 3.05) is 36.8 Å². The highest BCUT2D eigenvalue weighted by Gasteiger charge is 2.21. The summed E-state index contributed by atoms with van der Waals surface area (Å²) in [7, 11) is 0. The quantitative estimate of drug-likeness (QED) is 0.242. The second-order valence-corrected chi connectivity index (χ2v) is 10.0. The molecule has 32 heavy (non-hydrogen) atoms. The van der Waals surface area contributed by atoms with Crippen molar-refractivity contribution >= 4 is 44.4 Å². The Bertz CT molecular complexity index is 1030. The van der Waals surface area contributed by atoms with Gasteiger partial charge in [0.2, 0.25) is 5.91 Å². The minimum absolute atomic E-state index is 0.116. The summed E-state index contributed by atoms with van der Waals surface area (Å²) in [6.45, 7) is 11.9. The van der Waals surface area contributed by atoms with Gasteiger partial charge in [-0.3, -0.25) is 9.69 Å². The van der Waals surface area contributed by atoms with Gasteiger partial charge in [-0.1, -0.05) is 31.3 Å². The number of amides is 1. The standard InChI is InChI=1S/C25H32FN3OS2/c1-5-28(6-2)15-16-29(25-27-24-19(4)18(3)9-14-22(24)32-25)23(30)8-7-17-31-21-12-10-20(26)11-13-21/h9-14H,5-8,15-17H2,1-4H3. The number of aromatic nitrogens is 1. The van der Waals surface area contributed by atoms with Crippen molar-refractivity contribution in [2.24, 2.45) is 0 Å². The van der Waals surface area contributed by atoms with Gasteiger partial charge in [0.05, 0.1) is 10.2 Å². The number of anilines is 1. The van der Waals surface area contributed by atoms with E-state index in [2.05, 4.69) is 44.7 Å². The summed E-state index contributed by atoms with van der Waals surface area (Å²) < 4.78 is 14.2. The molecule has 0 fully saturated rings. The maximum Gasteiger partial charge on any atom is 0.228 e. The fraction of sp³-hybridized carbons (Fsp3) is 0.440. The molecule has 1 aromatic heterocycles. The van der Waals surface area contributed by atoms with E-state index in [1.165, 1.54) is 23.3 Å². The molecular weight excluding hydrogens is 441 g/mol. The van der Waals surface area contributed by atoms with Gasteiger partial charge in [-0.2, -0.15) is 0 Å². The number of thioether (sulfide) groups is 1. The number of benzene rings is 2. The van der Waals surface area contributed by atoms with Crippen molar-refractivity contribution in [3.63, 3.8) is 0 Å². The highest BCUT2D eigenvalue weighted by atomic mass is 32.2. The summed E-state index contributed by atoms with van der Waals surface area (Å²) in [6.07, 6.45) is 1.24. The molecule has 0 aliphatic rings. The van der Waals surface area contributed by atoms with Crippen LogP contribution in [0.1, 0.15) is 37.8 Å². The van der Waals surface area contributed by atoms with Crippen LogP contribution in [0.5, 0.6) is 0 Å². The molecule has 0 unspecified atom stereocenters. The lowest BCUT2D eigenvalue weighted by atomic mass is 10.1. The van der Waals surface area contributed by atoms with E-state index >= 15 is 0 Å². The lowest BCUT2D eigenvalue weighted by molar-refractivity contribution is -0.118. The number of carbonyl (C=O) groups excluding carboxylic acids is 1. The molecule has 172 valence electrons. The number of likely N-dealkylation sites (N-methyl/N-ethyl adjacent to an activating group) is 1. The highest BCUT2D eigenvalue weighted by molar-refractivity contribution is 7.99. The van der Waals surface area contributed by atoms with E-state index in [4.69, 9.17) is 4.98 Å². The van der Waals surface area contributed by atoms with E-state index in [9.17, 15) is 9.18 Å². The van der Waals surface area contributed by atoms with Crippen molar-refractivity contribution in [2.45, 2.75) is 45.4 Å². The van der Waals surface area contributed by atoms with E-state index in [1.807, 2.05) is 4.90 Å². The van der Waals surface area contributed by atoms with E-state index in [0.29, 0.717) is 13.0 Å². The fourth-order valence-electron chi connectivity index (χ4n) is 3.52. The van der Waals surface area contributed by atoms with Gasteiger partial charge in [-0.05, 0) is 80.6 Å². The second kappa shape index (κ2) is 11.8. The van der Waals surface area contributed by atoms with Gasteiger partial charge in [0.25, 0.3) is 0 Å². The fourth-order valence-corrected chi connectivity index (χ4v) is 5.44. The van der Waals surface area contributed by atoms with Crippen molar-refractivity contribution in [1.82, 2.24) is 9.88 Å². The topological polar surface area (TPSA) is 36.4 Å². The van der Waals surface area contributed by atoms with Crippen molar-refractivity contribution < 1.29 is 9.18 Å². The Balaban J connectivity index is 1.69. The zero-order valence-corrected chi connectivity index (χ0v) is 21.0. The first kappa shape index (κ1) is 24.7. The van der Waals surface area contributed by atoms with Crippen LogP contribution in [0.2, 0.25) is 0 Å². The van der Waals surface area contributed by atoms with Gasteiger partial charge in [0.15, 0.2) is 5.13 Å². The van der Waals surface area contributed by atoms with Crippen LogP contribution in [0.15, 0.2) is 41.3 Å². The van der Waals surface area contributed by atoms with E-state index in [1.54, 1.807) is 35.2 Å². The Morgan fingerprint density at radius 1 is 1.06 bits per heavy atom. The summed E-state index contributed by atoms with van der Waals surface area (Å²) in [6, 6.07) is 10.7. The number of rotatable bonds is 11. The van der Waals surface area contributed by atoms with Gasteiger partial charge < -0.3 is 4.90 Å². The van der Waals surface area contributed by atoms with Gasteiger partial charge >= 0.3 is 0 Å². The molecule has 0 saturated carbocycles. The van der Waals surface area contributed by atoms with Crippen molar-refractivity contribution in [1.29, 1.82) is 0 Å². The number of carbonyl (C=O) groups is 1. The van der Waals surface area contributed by atoms with Gasteiger partial charge in [0, 0.05) is 24.4 Å². The highest BCUT2D eigenvalue weighted by Crippen LogP contribution is 2.32. The molecule has 2 aromatic carbocycles. The Hall–Kier alpha value is -1.96. The SMILES string of the molecule is CCN(CC)CCN(C(=O)CCCSc1ccc(F)cc1)c1nc2c(C)c(C)ccc2s1. The summed E-state index contributed by atoms with van der Waals surface area (Å²) in [5.41, 5.74) is 3.39. The molecule has 0 bridgehead atoms. The summed E-state index contributed by atoms with van der Waals surface area (Å²) >= 11 is 3.25. The summed E-state index contributed by atoms with van der Waals surface area (Å²) in [5, 5.41) is 0.789. The maximum atomic E-state index is 13.2. The lowest BCUT2D eigenvalue weighted by Gasteiger charge is -2.24. The number of fused-ring (bicyclic) bond motifs is 1. The van der Waals surface area contributed by atoms with Crippen LogP contribution < -0.4 is 4.90 Å². The molecular formula is C25H32FN3OS2. The van der Waals surface area contributed by atoms with Crippen LogP contribution in [-0.2, 0) is 4.79 Å². The molecule has 3 aromatic rings. The van der Waals surface area contributed by atoms with Crippen LogP contribution in [0.3, 0.4) is 0 Å². The number of halogens is 1. The molecule has 0 aliphatic heterocycles. The number of hydrogen-bond donors (Lipinski definition) is 0. The largest absolute Gasteiger partial charge is 0.302 e. The first-order valence-electron chi connectivity index (χ1n) is 11.2. The monoisotopic (exact) mass is 473 g/mol. The normalized spacial score (nSPS) is 11.4. The van der Waals surface area contributed by atoms with E-state index in [0.717, 1.165) is 52.1 Å². The zero-order valence-electron chi connectivity index (χ0n) is 19.4. The Labute approximate surface area is 198 Å². The van der Waals surface area contributed by atoms with Crippen LogP contribution in [0.25, 0.3) is 10.2 Å². The molecule has 7 heteroatoms. The van der Waals surface area contributed by atoms with Gasteiger partial charge in [-0.25, -0.2) is 9.37 Å². The molecule has 0 aliphatic carbocycles. The van der Waals surface area contributed by atoms with E-state index < -0.39 is 0 Å². The van der Waals surface area contributed by atoms with Crippen molar-refractivity contribution in [3.05, 3.63) is 53.3 Å². The summed E-state index contributed by atoms with van der Waals surface area (Å²) in [5.74, 6) is 0.708. The van der Waals surface area contributed by atoms with Crippen LogP contribution in [0.4, 0.5) is 9.52 Å². The van der Waals surface area contributed by atoms with Gasteiger partial charge in [-0.15, -0.1) is 11.8 Å². The third-order valence-corrected chi connectivity index (χ3v) is 7.90. The predicted octanol–water partition coefficient (Wildman–Crippen LogP) is 6.30. The molecule has 3 rings (SSSR count). The Morgan fingerprint density at radius 3 is 2.47 bits per heavy atom. The number of hydrogen-bond acceptors (Lipinski definition) is 5. The number of aryl methyl sites for hydroxylation is 2. The first-order chi connectivity index (χ1) is 15.4. The zero-order chi connectivity index (χ0) is 23.1. The van der Waals surface area contributed by atoms with Crippen LogP contribution in [-0.4, -0.2) is 47.7 Å². The average molecular weight is 474 g/mol. The lowest BCUT2D eigenvalue weighted by Crippen LogP contribution is -2.38. The minimum atomic E-state index is -0.227. The Kier molecular flexibility index (Phi) is 9.08. The number of thiazole rings is 1. The van der Waals surface area contributed by atoms with Crippen LogP contribution in [0, 0.1) is 19.7 Å². The minimum Gasteiger partial charge on any atom is -0.302 e. The third-order valence-electron chi connectivity index (χ3n) is 5.76. The average Bonchev–Trinajstić information content (AvgIpc) is 3.22. The predicted molar refractivity (Wildman–Crippen MR) is 136 cm³/mol. The van der Waals surface area contributed by atoms with Crippen LogP contribution >= 0.6 is 23.1 Å². The molecule has 1 amide bonds. The molecule has 0 N–H and O–H groups in total. The molecule has 0 radical (unpaired) electrons. The molecule has 0 saturated heterocycles. The molecule has 0 spiro atoms. The van der Waals surface area contributed by atoms with E-state index in [-0.39, 0.29) is 11.7 Å². The Morgan fingerprint density at radius 2 is 1.78 bits per heavy atom. The number of nitrogens with zero attached hydrogens (tertiary/aromatic N) is 3. The third kappa shape index (κ3) is 6.30. The first-order valence-corrected chi connectivity index (χ1v) is 13.0. The molecule has 4 nitrogen and oxygen atoms in total. The van der Waals surface area contributed by atoms with Crippen molar-refractivity contribution in [3.8, 4) is 0 Å². The second-order valence-electron chi connectivity index (χ2n) is 7.83. The van der Waals surface area contributed by atoms with Gasteiger partial charge in [0.1, 0.15) is 5.82 Å². The molecule has 0 atom stereocenters. The smallest absolute Gasteiger partial charge is 0.228 e.